The van der Waals surface area contributed by atoms with Crippen molar-refractivity contribution in [2.75, 3.05) is 7.05 Å². The maximum atomic E-state index is 13.6. The van der Waals surface area contributed by atoms with Crippen LogP contribution in [0.5, 0.6) is 0 Å². The molecule has 100 valence electrons. The first-order valence-corrected chi connectivity index (χ1v) is 6.37. The third-order valence-corrected chi connectivity index (χ3v) is 3.57. The zero-order valence-electron chi connectivity index (χ0n) is 10.7. The van der Waals surface area contributed by atoms with E-state index in [1.165, 1.54) is 18.2 Å². The summed E-state index contributed by atoms with van der Waals surface area (Å²) in [6.45, 7) is 2.02. The van der Waals surface area contributed by atoms with Crippen molar-refractivity contribution in [2.45, 2.75) is 44.4 Å². The maximum absolute atomic E-state index is 13.6. The minimum absolute atomic E-state index is 0.0315. The molecule has 3 unspecified atom stereocenters. The standard InChI is InChI=1S/C14H19F2NO/c1-9-6-7-14(18-9)13(17-2)8-10-11(15)4-3-5-12(10)16/h3-5,9,13-14,17H,6-8H2,1-2H3. The number of hydrogen-bond acceptors (Lipinski definition) is 2. The monoisotopic (exact) mass is 255 g/mol. The van der Waals surface area contributed by atoms with E-state index in [0.29, 0.717) is 6.42 Å². The Morgan fingerprint density at radius 2 is 2.00 bits per heavy atom. The van der Waals surface area contributed by atoms with E-state index in [4.69, 9.17) is 4.74 Å². The van der Waals surface area contributed by atoms with Gasteiger partial charge in [-0.15, -0.1) is 0 Å². The van der Waals surface area contributed by atoms with Crippen molar-refractivity contribution < 1.29 is 13.5 Å². The number of benzene rings is 1. The molecule has 0 bridgehead atoms. The molecular formula is C14H19F2NO. The van der Waals surface area contributed by atoms with Gasteiger partial charge < -0.3 is 10.1 Å². The summed E-state index contributed by atoms with van der Waals surface area (Å²) in [5.41, 5.74) is 0.139. The van der Waals surface area contributed by atoms with Crippen LogP contribution in [0.25, 0.3) is 0 Å². The van der Waals surface area contributed by atoms with E-state index in [0.717, 1.165) is 12.8 Å². The Hall–Kier alpha value is -1.00. The van der Waals surface area contributed by atoms with Gasteiger partial charge in [-0.05, 0) is 45.4 Å². The lowest BCUT2D eigenvalue weighted by Crippen LogP contribution is -2.39. The lowest BCUT2D eigenvalue weighted by Gasteiger charge is -2.23. The van der Waals surface area contributed by atoms with Crippen LogP contribution in [-0.4, -0.2) is 25.3 Å². The van der Waals surface area contributed by atoms with Crippen LogP contribution in [0.3, 0.4) is 0 Å². The number of ether oxygens (including phenoxy) is 1. The fraction of sp³-hybridized carbons (Fsp3) is 0.571. The molecule has 0 aliphatic carbocycles. The van der Waals surface area contributed by atoms with Crippen molar-refractivity contribution >= 4 is 0 Å². The van der Waals surface area contributed by atoms with Crippen LogP contribution < -0.4 is 5.32 Å². The zero-order valence-corrected chi connectivity index (χ0v) is 10.7. The lowest BCUT2D eigenvalue weighted by atomic mass is 9.98. The Bertz CT molecular complexity index is 391. The van der Waals surface area contributed by atoms with Crippen molar-refractivity contribution in [1.29, 1.82) is 0 Å². The van der Waals surface area contributed by atoms with Crippen molar-refractivity contribution in [1.82, 2.24) is 5.32 Å². The molecule has 1 aromatic rings. The number of likely N-dealkylation sites (N-methyl/N-ethyl adjacent to an activating group) is 1. The second-order valence-electron chi connectivity index (χ2n) is 4.86. The molecule has 1 heterocycles. The Kier molecular flexibility index (Phi) is 4.30. The summed E-state index contributed by atoms with van der Waals surface area (Å²) in [4.78, 5) is 0. The van der Waals surface area contributed by atoms with Gasteiger partial charge in [-0.2, -0.15) is 0 Å². The molecule has 18 heavy (non-hydrogen) atoms. The number of halogens is 2. The minimum Gasteiger partial charge on any atom is -0.374 e. The number of nitrogens with one attached hydrogen (secondary N) is 1. The van der Waals surface area contributed by atoms with Crippen LogP contribution in [0.15, 0.2) is 18.2 Å². The molecule has 3 atom stereocenters. The number of hydrogen-bond donors (Lipinski definition) is 1. The maximum Gasteiger partial charge on any atom is 0.129 e. The second-order valence-corrected chi connectivity index (χ2v) is 4.86. The van der Waals surface area contributed by atoms with E-state index in [-0.39, 0.29) is 23.8 Å². The topological polar surface area (TPSA) is 21.3 Å². The molecule has 1 saturated heterocycles. The highest BCUT2D eigenvalue weighted by atomic mass is 19.1. The van der Waals surface area contributed by atoms with Gasteiger partial charge in [0.05, 0.1) is 12.2 Å². The van der Waals surface area contributed by atoms with Crippen LogP contribution in [0, 0.1) is 11.6 Å². The normalized spacial score (nSPS) is 25.3. The summed E-state index contributed by atoms with van der Waals surface area (Å²) in [6.07, 6.45) is 2.51. The zero-order chi connectivity index (χ0) is 13.1. The summed E-state index contributed by atoms with van der Waals surface area (Å²) in [6, 6.07) is 3.92. The summed E-state index contributed by atoms with van der Waals surface area (Å²) in [5, 5.41) is 3.11. The summed E-state index contributed by atoms with van der Waals surface area (Å²) in [7, 11) is 1.80. The van der Waals surface area contributed by atoms with E-state index in [1.807, 2.05) is 6.92 Å². The van der Waals surface area contributed by atoms with E-state index in [9.17, 15) is 8.78 Å². The molecule has 0 saturated carbocycles. The Morgan fingerprint density at radius 3 is 2.50 bits per heavy atom. The molecule has 0 radical (unpaired) electrons. The third kappa shape index (κ3) is 2.87. The lowest BCUT2D eigenvalue weighted by molar-refractivity contribution is 0.0334. The molecular weight excluding hydrogens is 236 g/mol. The van der Waals surface area contributed by atoms with E-state index < -0.39 is 11.6 Å². The summed E-state index contributed by atoms with van der Waals surface area (Å²) in [5.74, 6) is -0.970. The molecule has 1 aliphatic rings. The average Bonchev–Trinajstić information content (AvgIpc) is 2.76. The van der Waals surface area contributed by atoms with Gasteiger partial charge >= 0.3 is 0 Å². The molecule has 0 amide bonds. The van der Waals surface area contributed by atoms with Crippen molar-refractivity contribution in [3.63, 3.8) is 0 Å². The van der Waals surface area contributed by atoms with E-state index in [2.05, 4.69) is 5.32 Å². The third-order valence-electron chi connectivity index (χ3n) is 3.57. The average molecular weight is 255 g/mol. The summed E-state index contributed by atoms with van der Waals surface area (Å²) < 4.78 is 33.0. The highest BCUT2D eigenvalue weighted by molar-refractivity contribution is 5.21. The highest BCUT2D eigenvalue weighted by Crippen LogP contribution is 2.24. The quantitative estimate of drug-likeness (QED) is 0.893. The van der Waals surface area contributed by atoms with Crippen LogP contribution in [0.4, 0.5) is 8.78 Å². The van der Waals surface area contributed by atoms with Gasteiger partial charge in [0, 0.05) is 11.6 Å². The van der Waals surface area contributed by atoms with Gasteiger partial charge in [0.25, 0.3) is 0 Å². The first kappa shape index (κ1) is 13.4. The Balaban J connectivity index is 2.10. The predicted molar refractivity (Wildman–Crippen MR) is 66.5 cm³/mol. The molecule has 2 nitrogen and oxygen atoms in total. The number of rotatable bonds is 4. The molecule has 0 aromatic heterocycles. The van der Waals surface area contributed by atoms with Gasteiger partial charge in [-0.3, -0.25) is 0 Å². The van der Waals surface area contributed by atoms with Gasteiger partial charge in [-0.1, -0.05) is 6.07 Å². The fourth-order valence-electron chi connectivity index (χ4n) is 2.50. The SMILES string of the molecule is CNC(Cc1c(F)cccc1F)C1CCC(C)O1. The Morgan fingerprint density at radius 1 is 1.33 bits per heavy atom. The van der Waals surface area contributed by atoms with Crippen LogP contribution in [-0.2, 0) is 11.2 Å². The van der Waals surface area contributed by atoms with Crippen LogP contribution in [0.1, 0.15) is 25.3 Å². The molecule has 4 heteroatoms. The predicted octanol–water partition coefficient (Wildman–Crippen LogP) is 2.66. The van der Waals surface area contributed by atoms with Gasteiger partial charge in [0.2, 0.25) is 0 Å². The van der Waals surface area contributed by atoms with Crippen molar-refractivity contribution in [2.24, 2.45) is 0 Å². The largest absolute Gasteiger partial charge is 0.374 e. The fourth-order valence-corrected chi connectivity index (χ4v) is 2.50. The Labute approximate surface area is 106 Å². The van der Waals surface area contributed by atoms with Crippen LogP contribution in [0.2, 0.25) is 0 Å². The van der Waals surface area contributed by atoms with E-state index in [1.54, 1.807) is 7.05 Å². The minimum atomic E-state index is -0.485. The summed E-state index contributed by atoms with van der Waals surface area (Å²) >= 11 is 0. The first-order valence-electron chi connectivity index (χ1n) is 6.37. The second kappa shape index (κ2) is 5.76. The molecule has 2 rings (SSSR count). The van der Waals surface area contributed by atoms with Crippen molar-refractivity contribution in [3.05, 3.63) is 35.4 Å². The molecule has 1 fully saturated rings. The highest BCUT2D eigenvalue weighted by Gasteiger charge is 2.29. The van der Waals surface area contributed by atoms with Gasteiger partial charge in [0.1, 0.15) is 11.6 Å². The molecule has 1 aromatic carbocycles. The first-order chi connectivity index (χ1) is 8.61. The molecule has 1 N–H and O–H groups in total. The molecule has 0 spiro atoms. The smallest absolute Gasteiger partial charge is 0.129 e. The molecule has 1 aliphatic heterocycles. The van der Waals surface area contributed by atoms with E-state index >= 15 is 0 Å². The van der Waals surface area contributed by atoms with Crippen LogP contribution >= 0.6 is 0 Å². The van der Waals surface area contributed by atoms with Gasteiger partial charge in [-0.25, -0.2) is 8.78 Å². The van der Waals surface area contributed by atoms with Crippen molar-refractivity contribution in [3.8, 4) is 0 Å². The van der Waals surface area contributed by atoms with Gasteiger partial charge in [0.15, 0.2) is 0 Å².